The van der Waals surface area contributed by atoms with Gasteiger partial charge in [-0.2, -0.15) is 12.6 Å². The monoisotopic (exact) mass is 695 g/mol. The van der Waals surface area contributed by atoms with Crippen molar-refractivity contribution >= 4 is 48.0 Å². The average Bonchev–Trinajstić information content (AvgIpc) is 3.72. The van der Waals surface area contributed by atoms with E-state index in [9.17, 15) is 19.5 Å². The minimum Gasteiger partial charge on any atom is -0.495 e. The van der Waals surface area contributed by atoms with Gasteiger partial charge in [-0.15, -0.1) is 0 Å². The van der Waals surface area contributed by atoms with Crippen molar-refractivity contribution in [3.63, 3.8) is 0 Å². The average molecular weight is 696 g/mol. The highest BCUT2D eigenvalue weighted by atomic mass is 35.5. The topological polar surface area (TPSA) is 148 Å². The number of rotatable bonds is 7. The predicted molar refractivity (Wildman–Crippen MR) is 180 cm³/mol. The Hall–Kier alpha value is -2.97. The third-order valence-electron chi connectivity index (χ3n) is 9.05. The number of nitrogens with one attached hydrogen (secondary N) is 2. The molecule has 47 heavy (non-hydrogen) atoms. The maximum absolute atomic E-state index is 13.9. The van der Waals surface area contributed by atoms with Crippen molar-refractivity contribution in [1.29, 1.82) is 0 Å². The number of carbonyl (C=O) groups excluding carboxylic acids is 3. The number of unbranched alkanes of at least 4 members (excludes halogenated alkanes) is 1. The fourth-order valence-electron chi connectivity index (χ4n) is 6.20. The molecule has 0 saturated carbocycles. The van der Waals surface area contributed by atoms with E-state index in [4.69, 9.17) is 35.3 Å². The Morgan fingerprint density at radius 3 is 2.70 bits per heavy atom. The van der Waals surface area contributed by atoms with E-state index in [0.29, 0.717) is 36.6 Å². The smallest absolute Gasteiger partial charge is 0.409 e. The van der Waals surface area contributed by atoms with Crippen LogP contribution in [0.15, 0.2) is 35.9 Å². The van der Waals surface area contributed by atoms with Crippen LogP contribution in [-0.2, 0) is 30.2 Å². The van der Waals surface area contributed by atoms with Crippen LogP contribution >= 0.6 is 24.2 Å². The van der Waals surface area contributed by atoms with Crippen molar-refractivity contribution in [2.75, 3.05) is 38.5 Å². The molecule has 4 bridgehead atoms. The van der Waals surface area contributed by atoms with E-state index in [2.05, 4.69) is 23.3 Å². The molecule has 2 fully saturated rings. The molecular formula is C33H46ClN3O9S. The summed E-state index contributed by atoms with van der Waals surface area (Å²) in [5.41, 5.74) is -0.673. The molecule has 3 N–H and O–H groups in total. The molecule has 0 radical (unpaired) electrons. The van der Waals surface area contributed by atoms with Gasteiger partial charge in [0, 0.05) is 33.0 Å². The zero-order chi connectivity index (χ0) is 34.5. The van der Waals surface area contributed by atoms with Gasteiger partial charge in [0.2, 0.25) is 5.91 Å². The van der Waals surface area contributed by atoms with Crippen LogP contribution in [0.25, 0.3) is 0 Å². The molecule has 3 aliphatic rings. The molecule has 260 valence electrons. The van der Waals surface area contributed by atoms with Crippen molar-refractivity contribution in [3.8, 4) is 5.75 Å². The number of allylic oxidation sites excluding steroid dienone is 3. The lowest BCUT2D eigenvalue weighted by Crippen LogP contribution is -2.63. The standard InChI is InChI=1S/C33H46ClN3O9S/c1-19-10-9-11-25(43-6)33(41)18-24(44-31(40)36-33)20(2)29-32(3,46-29)26(45-30(39)35-12-7-8-13-47)17-27(38)37(4)22-15-21(14-19)16-23(42-5)28(22)34/h9-11,15-16,20,24-26,29,41,47H,7-8,12-14,17-18H2,1-6H3,(H,35,39)(H,36,40)/b11-9+,19-10+. The number of anilines is 1. The number of thiol groups is 1. The number of methoxy groups -OCH3 is 2. The van der Waals surface area contributed by atoms with Crippen molar-refractivity contribution in [2.24, 2.45) is 5.92 Å². The molecule has 4 rings (SSSR count). The van der Waals surface area contributed by atoms with Crippen LogP contribution in [0.2, 0.25) is 5.02 Å². The first-order valence-corrected chi connectivity index (χ1v) is 16.7. The molecule has 2 saturated heterocycles. The number of alkyl carbamates (subject to hydrolysis) is 2. The van der Waals surface area contributed by atoms with E-state index >= 15 is 0 Å². The largest absolute Gasteiger partial charge is 0.495 e. The van der Waals surface area contributed by atoms with Gasteiger partial charge in [0.15, 0.2) is 5.72 Å². The number of benzene rings is 1. The lowest BCUT2D eigenvalue weighted by molar-refractivity contribution is -0.142. The van der Waals surface area contributed by atoms with E-state index in [-0.39, 0.29) is 23.8 Å². The first-order chi connectivity index (χ1) is 22.3. The van der Waals surface area contributed by atoms with Gasteiger partial charge in [-0.05, 0) is 56.6 Å². The molecule has 3 aliphatic heterocycles. The molecule has 3 heterocycles. The SMILES string of the molecule is COc1cc2cc(c1Cl)N(C)C(=O)CC(OC(=O)NCCCCS)C1(C)OC1C(C)C1CC(O)(NC(=O)O1)C(OC)/C=C/C=C(\C)C2. The molecule has 1 aromatic rings. The van der Waals surface area contributed by atoms with Crippen molar-refractivity contribution in [3.05, 3.63) is 46.5 Å². The summed E-state index contributed by atoms with van der Waals surface area (Å²) in [4.78, 5) is 41.0. The number of fused-ring (bicyclic) bond motifs is 5. The Morgan fingerprint density at radius 2 is 2.02 bits per heavy atom. The van der Waals surface area contributed by atoms with E-state index in [0.717, 1.165) is 17.6 Å². The number of ether oxygens (including phenoxy) is 5. The lowest BCUT2D eigenvalue weighted by Gasteiger charge is -2.42. The van der Waals surface area contributed by atoms with Gasteiger partial charge >= 0.3 is 12.2 Å². The highest BCUT2D eigenvalue weighted by Gasteiger charge is 2.64. The number of hydrogen-bond acceptors (Lipinski definition) is 10. The minimum absolute atomic E-state index is 0.00958. The van der Waals surface area contributed by atoms with Crippen molar-refractivity contribution in [1.82, 2.24) is 10.6 Å². The van der Waals surface area contributed by atoms with Gasteiger partial charge < -0.3 is 39.0 Å². The molecule has 0 aliphatic carbocycles. The van der Waals surface area contributed by atoms with Crippen molar-refractivity contribution in [2.45, 2.75) is 88.6 Å². The molecule has 1 aromatic carbocycles. The molecule has 3 amide bonds. The number of carbonyl (C=O) groups is 3. The second-order valence-corrected chi connectivity index (χ2v) is 13.4. The third-order valence-corrected chi connectivity index (χ3v) is 9.75. The molecule has 7 unspecified atom stereocenters. The summed E-state index contributed by atoms with van der Waals surface area (Å²) in [6, 6.07) is 3.62. The molecule has 12 nitrogen and oxygen atoms in total. The van der Waals surface area contributed by atoms with Crippen LogP contribution in [0, 0.1) is 5.92 Å². The number of halogens is 1. The maximum Gasteiger partial charge on any atom is 0.409 e. The quantitative estimate of drug-likeness (QED) is 0.183. The van der Waals surface area contributed by atoms with Crippen LogP contribution < -0.4 is 20.3 Å². The van der Waals surface area contributed by atoms with Crippen LogP contribution in [-0.4, -0.2) is 92.5 Å². The summed E-state index contributed by atoms with van der Waals surface area (Å²) < 4.78 is 28.8. The summed E-state index contributed by atoms with van der Waals surface area (Å²) in [5, 5.41) is 17.1. The first kappa shape index (κ1) is 36.9. The van der Waals surface area contributed by atoms with Crippen LogP contribution in [0.1, 0.15) is 52.0 Å². The van der Waals surface area contributed by atoms with Gasteiger partial charge in [0.25, 0.3) is 0 Å². The summed E-state index contributed by atoms with van der Waals surface area (Å²) in [5.74, 6) is 0.253. The zero-order valence-corrected chi connectivity index (χ0v) is 29.4. The maximum atomic E-state index is 13.9. The Morgan fingerprint density at radius 1 is 1.28 bits per heavy atom. The van der Waals surface area contributed by atoms with Gasteiger partial charge in [0.05, 0.1) is 25.3 Å². The first-order valence-electron chi connectivity index (χ1n) is 15.7. The Labute approximate surface area is 286 Å². The molecule has 7 atom stereocenters. The lowest BCUT2D eigenvalue weighted by atomic mass is 9.83. The van der Waals surface area contributed by atoms with Gasteiger partial charge in [-0.25, -0.2) is 9.59 Å². The Kier molecular flexibility index (Phi) is 12.2. The Bertz CT molecular complexity index is 1390. The summed E-state index contributed by atoms with van der Waals surface area (Å²) in [6.07, 6.45) is 2.30. The van der Waals surface area contributed by atoms with E-state index in [1.54, 1.807) is 32.2 Å². The van der Waals surface area contributed by atoms with Crippen LogP contribution in [0.5, 0.6) is 5.75 Å². The van der Waals surface area contributed by atoms with Crippen molar-refractivity contribution < 1.29 is 43.2 Å². The predicted octanol–water partition coefficient (Wildman–Crippen LogP) is 4.56. The normalized spacial score (nSPS) is 33.0. The zero-order valence-electron chi connectivity index (χ0n) is 27.7. The van der Waals surface area contributed by atoms with E-state index in [1.807, 2.05) is 26.0 Å². The van der Waals surface area contributed by atoms with Gasteiger partial charge in [0.1, 0.15) is 34.7 Å². The summed E-state index contributed by atoms with van der Waals surface area (Å²) in [6.45, 7) is 5.90. The fraction of sp³-hybridized carbons (Fsp3) is 0.606. The minimum atomic E-state index is -1.78. The summed E-state index contributed by atoms with van der Waals surface area (Å²) in [7, 11) is 4.55. The third kappa shape index (κ3) is 8.55. The van der Waals surface area contributed by atoms with Gasteiger partial charge in [-0.1, -0.05) is 42.3 Å². The second kappa shape index (κ2) is 15.5. The number of hydrogen-bond donors (Lipinski definition) is 4. The second-order valence-electron chi connectivity index (χ2n) is 12.5. The fourth-order valence-corrected chi connectivity index (χ4v) is 6.74. The molecular weight excluding hydrogens is 650 g/mol. The number of nitrogens with zero attached hydrogens (tertiary/aromatic N) is 1. The molecule has 14 heteroatoms. The summed E-state index contributed by atoms with van der Waals surface area (Å²) >= 11 is 10.9. The number of epoxide rings is 1. The molecule has 0 spiro atoms. The van der Waals surface area contributed by atoms with E-state index in [1.165, 1.54) is 19.1 Å². The highest BCUT2D eigenvalue weighted by Crippen LogP contribution is 2.49. The van der Waals surface area contributed by atoms with Crippen LogP contribution in [0.3, 0.4) is 0 Å². The highest BCUT2D eigenvalue weighted by molar-refractivity contribution is 7.80. The number of aliphatic hydroxyl groups is 1. The Balaban J connectivity index is 1.74. The van der Waals surface area contributed by atoms with Crippen LogP contribution in [0.4, 0.5) is 15.3 Å². The van der Waals surface area contributed by atoms with Gasteiger partial charge in [-0.3, -0.25) is 10.1 Å². The molecule has 0 aromatic heterocycles. The van der Waals surface area contributed by atoms with E-state index < -0.39 is 53.8 Å². The number of amides is 3.